The maximum Gasteiger partial charge on any atom is 0.221 e. The van der Waals surface area contributed by atoms with E-state index in [1.165, 1.54) is 19.1 Å². The summed E-state index contributed by atoms with van der Waals surface area (Å²) in [4.78, 5) is 11.1. The van der Waals surface area contributed by atoms with Crippen LogP contribution in [0, 0.1) is 19.7 Å². The minimum absolute atomic E-state index is 0.0980. The topological polar surface area (TPSA) is 41.1 Å². The van der Waals surface area contributed by atoms with Gasteiger partial charge < -0.3 is 10.6 Å². The van der Waals surface area contributed by atoms with E-state index in [1.807, 2.05) is 32.0 Å². The van der Waals surface area contributed by atoms with Gasteiger partial charge in [-0.2, -0.15) is 0 Å². The standard InChI is InChI=1S/C17H19FN2O/c1-11-4-7-16(20-13(3)21)9-17(11)19-10-14-5-6-15(18)8-12(14)2/h4-9,19H,10H2,1-3H3,(H,20,21). The second-order valence-electron chi connectivity index (χ2n) is 5.14. The zero-order valence-corrected chi connectivity index (χ0v) is 12.5. The van der Waals surface area contributed by atoms with E-state index in [0.717, 1.165) is 28.1 Å². The number of halogens is 1. The van der Waals surface area contributed by atoms with Gasteiger partial charge in [-0.25, -0.2) is 4.39 Å². The van der Waals surface area contributed by atoms with Crippen molar-refractivity contribution in [3.05, 3.63) is 58.9 Å². The Bertz CT molecular complexity index is 668. The number of hydrogen-bond acceptors (Lipinski definition) is 2. The number of rotatable bonds is 4. The van der Waals surface area contributed by atoms with Crippen molar-refractivity contribution in [2.45, 2.75) is 27.3 Å². The van der Waals surface area contributed by atoms with Crippen LogP contribution >= 0.6 is 0 Å². The zero-order chi connectivity index (χ0) is 15.4. The number of amides is 1. The van der Waals surface area contributed by atoms with Crippen LogP contribution < -0.4 is 10.6 Å². The Morgan fingerprint density at radius 2 is 1.86 bits per heavy atom. The molecular formula is C17H19FN2O. The van der Waals surface area contributed by atoms with Crippen molar-refractivity contribution in [2.24, 2.45) is 0 Å². The van der Waals surface area contributed by atoms with Crippen LogP contribution in [0.4, 0.5) is 15.8 Å². The zero-order valence-electron chi connectivity index (χ0n) is 12.5. The van der Waals surface area contributed by atoms with Crippen LogP contribution in [0.2, 0.25) is 0 Å². The van der Waals surface area contributed by atoms with Crippen molar-refractivity contribution in [2.75, 3.05) is 10.6 Å². The van der Waals surface area contributed by atoms with Gasteiger partial charge in [-0.15, -0.1) is 0 Å². The van der Waals surface area contributed by atoms with Gasteiger partial charge in [0.2, 0.25) is 5.91 Å². The molecule has 1 amide bonds. The third kappa shape index (κ3) is 4.05. The summed E-state index contributed by atoms with van der Waals surface area (Å²) < 4.78 is 13.1. The van der Waals surface area contributed by atoms with Crippen LogP contribution in [0.1, 0.15) is 23.6 Å². The molecule has 2 aromatic rings. The van der Waals surface area contributed by atoms with Crippen molar-refractivity contribution >= 4 is 17.3 Å². The molecule has 0 fully saturated rings. The predicted octanol–water partition coefficient (Wildman–Crippen LogP) is 4.01. The van der Waals surface area contributed by atoms with Crippen molar-refractivity contribution in [3.63, 3.8) is 0 Å². The molecule has 2 N–H and O–H groups in total. The Balaban J connectivity index is 2.13. The molecule has 4 heteroatoms. The number of nitrogens with one attached hydrogen (secondary N) is 2. The molecule has 0 aliphatic carbocycles. The van der Waals surface area contributed by atoms with Gasteiger partial charge in [0.25, 0.3) is 0 Å². The molecule has 0 radical (unpaired) electrons. The van der Waals surface area contributed by atoms with Gasteiger partial charge in [-0.1, -0.05) is 12.1 Å². The average molecular weight is 286 g/mol. The number of hydrogen-bond donors (Lipinski definition) is 2. The van der Waals surface area contributed by atoms with Crippen LogP contribution in [-0.4, -0.2) is 5.91 Å². The van der Waals surface area contributed by atoms with Gasteiger partial charge in [0, 0.05) is 24.8 Å². The molecule has 110 valence electrons. The Hall–Kier alpha value is -2.36. The Labute approximate surface area is 124 Å². The summed E-state index contributed by atoms with van der Waals surface area (Å²) in [6.07, 6.45) is 0. The number of anilines is 2. The Kier molecular flexibility index (Phi) is 4.58. The first-order valence-electron chi connectivity index (χ1n) is 6.83. The van der Waals surface area contributed by atoms with E-state index in [1.54, 1.807) is 6.07 Å². The van der Waals surface area contributed by atoms with E-state index in [4.69, 9.17) is 0 Å². The normalized spacial score (nSPS) is 10.3. The summed E-state index contributed by atoms with van der Waals surface area (Å²) in [7, 11) is 0. The molecule has 2 rings (SSSR count). The smallest absolute Gasteiger partial charge is 0.221 e. The van der Waals surface area contributed by atoms with Crippen LogP contribution in [0.5, 0.6) is 0 Å². The van der Waals surface area contributed by atoms with Gasteiger partial charge in [-0.3, -0.25) is 4.79 Å². The quantitative estimate of drug-likeness (QED) is 0.891. The van der Waals surface area contributed by atoms with Crippen molar-refractivity contribution in [1.82, 2.24) is 0 Å². The second kappa shape index (κ2) is 6.39. The molecule has 3 nitrogen and oxygen atoms in total. The first kappa shape index (κ1) is 15.0. The minimum Gasteiger partial charge on any atom is -0.381 e. The molecule has 0 spiro atoms. The number of benzene rings is 2. The van der Waals surface area contributed by atoms with Gasteiger partial charge in [0.15, 0.2) is 0 Å². The van der Waals surface area contributed by atoms with Gasteiger partial charge >= 0.3 is 0 Å². The highest BCUT2D eigenvalue weighted by atomic mass is 19.1. The molecule has 21 heavy (non-hydrogen) atoms. The second-order valence-corrected chi connectivity index (χ2v) is 5.14. The molecule has 0 aromatic heterocycles. The molecule has 0 heterocycles. The van der Waals surface area contributed by atoms with E-state index in [9.17, 15) is 9.18 Å². The molecule has 2 aromatic carbocycles. The molecule has 0 unspecified atom stereocenters. The minimum atomic E-state index is -0.222. The molecule has 0 saturated heterocycles. The predicted molar refractivity (Wildman–Crippen MR) is 83.9 cm³/mol. The van der Waals surface area contributed by atoms with Crippen LogP contribution in [-0.2, 0) is 11.3 Å². The maximum absolute atomic E-state index is 13.1. The van der Waals surface area contributed by atoms with Crippen LogP contribution in [0.25, 0.3) is 0 Å². The molecular weight excluding hydrogens is 267 g/mol. The van der Waals surface area contributed by atoms with Crippen molar-refractivity contribution in [3.8, 4) is 0 Å². The highest BCUT2D eigenvalue weighted by molar-refractivity contribution is 5.89. The lowest BCUT2D eigenvalue weighted by Gasteiger charge is -2.13. The fraction of sp³-hybridized carbons (Fsp3) is 0.235. The molecule has 0 aliphatic rings. The first-order valence-corrected chi connectivity index (χ1v) is 6.83. The van der Waals surface area contributed by atoms with E-state index < -0.39 is 0 Å². The van der Waals surface area contributed by atoms with E-state index in [-0.39, 0.29) is 11.7 Å². The highest BCUT2D eigenvalue weighted by Crippen LogP contribution is 2.21. The van der Waals surface area contributed by atoms with Crippen molar-refractivity contribution in [1.29, 1.82) is 0 Å². The van der Waals surface area contributed by atoms with E-state index in [0.29, 0.717) is 6.54 Å². The Morgan fingerprint density at radius 1 is 1.10 bits per heavy atom. The SMILES string of the molecule is CC(=O)Nc1ccc(C)c(NCc2ccc(F)cc2C)c1. The molecule has 0 bridgehead atoms. The van der Waals surface area contributed by atoms with Gasteiger partial charge in [0.1, 0.15) is 5.82 Å². The summed E-state index contributed by atoms with van der Waals surface area (Å²) in [6.45, 7) is 5.98. The summed E-state index contributed by atoms with van der Waals surface area (Å²) >= 11 is 0. The lowest BCUT2D eigenvalue weighted by molar-refractivity contribution is -0.114. The third-order valence-electron chi connectivity index (χ3n) is 3.33. The van der Waals surface area contributed by atoms with Gasteiger partial charge in [-0.05, 0) is 54.8 Å². The molecule has 0 atom stereocenters. The lowest BCUT2D eigenvalue weighted by Crippen LogP contribution is -2.07. The average Bonchev–Trinajstić information content (AvgIpc) is 2.40. The first-order chi connectivity index (χ1) is 9.95. The monoisotopic (exact) mass is 286 g/mol. The Morgan fingerprint density at radius 3 is 2.52 bits per heavy atom. The van der Waals surface area contributed by atoms with Crippen LogP contribution in [0.3, 0.4) is 0 Å². The van der Waals surface area contributed by atoms with E-state index in [2.05, 4.69) is 10.6 Å². The number of carbonyl (C=O) groups excluding carboxylic acids is 1. The van der Waals surface area contributed by atoms with E-state index >= 15 is 0 Å². The fourth-order valence-electron chi connectivity index (χ4n) is 2.14. The van der Waals surface area contributed by atoms with Crippen molar-refractivity contribution < 1.29 is 9.18 Å². The summed E-state index contributed by atoms with van der Waals surface area (Å²) in [5, 5.41) is 6.09. The summed E-state index contributed by atoms with van der Waals surface area (Å²) in [5.74, 6) is -0.320. The largest absolute Gasteiger partial charge is 0.381 e. The summed E-state index contributed by atoms with van der Waals surface area (Å²) in [5.41, 5.74) is 4.75. The third-order valence-corrected chi connectivity index (χ3v) is 3.33. The van der Waals surface area contributed by atoms with Crippen LogP contribution in [0.15, 0.2) is 36.4 Å². The van der Waals surface area contributed by atoms with Gasteiger partial charge in [0.05, 0.1) is 0 Å². The highest BCUT2D eigenvalue weighted by Gasteiger charge is 2.04. The molecule has 0 aliphatic heterocycles. The lowest BCUT2D eigenvalue weighted by atomic mass is 10.1. The molecule has 0 saturated carbocycles. The number of carbonyl (C=O) groups is 1. The maximum atomic E-state index is 13.1. The fourth-order valence-corrected chi connectivity index (χ4v) is 2.14. The number of aryl methyl sites for hydroxylation is 2. The summed E-state index contributed by atoms with van der Waals surface area (Å²) in [6, 6.07) is 10.5.